The molecule has 0 aliphatic heterocycles. The first kappa shape index (κ1) is 14.1. The van der Waals surface area contributed by atoms with Gasteiger partial charge in [-0.25, -0.2) is 9.97 Å². The lowest BCUT2D eigenvalue weighted by molar-refractivity contribution is 0.656. The molecule has 1 aliphatic carbocycles. The third-order valence-electron chi connectivity index (χ3n) is 3.58. The third kappa shape index (κ3) is 2.78. The molecule has 5 heteroatoms. The third-order valence-corrected chi connectivity index (χ3v) is 4.60. The molecule has 0 fully saturated rings. The minimum Gasteiger partial charge on any atom is -0.237 e. The first-order valence-corrected chi connectivity index (χ1v) is 7.75. The summed E-state index contributed by atoms with van der Waals surface area (Å²) >= 11 is 18.7. The van der Waals surface area contributed by atoms with E-state index in [0.29, 0.717) is 27.4 Å². The van der Waals surface area contributed by atoms with Crippen LogP contribution in [0.5, 0.6) is 0 Å². The van der Waals surface area contributed by atoms with Crippen LogP contribution in [0, 0.1) is 0 Å². The van der Waals surface area contributed by atoms with Gasteiger partial charge < -0.3 is 0 Å². The highest BCUT2D eigenvalue weighted by Crippen LogP contribution is 2.29. The Labute approximate surface area is 133 Å². The van der Waals surface area contributed by atoms with Crippen molar-refractivity contribution in [2.45, 2.75) is 32.1 Å². The molecular formula is C15H13Cl3N2. The van der Waals surface area contributed by atoms with Crippen molar-refractivity contribution in [1.82, 2.24) is 9.97 Å². The minimum absolute atomic E-state index is 0.505. The monoisotopic (exact) mass is 326 g/mol. The molecule has 1 aromatic carbocycles. The summed E-state index contributed by atoms with van der Waals surface area (Å²) in [5, 5.41) is 1.85. The lowest BCUT2D eigenvalue weighted by Crippen LogP contribution is -2.11. The number of rotatable bonds is 2. The summed E-state index contributed by atoms with van der Waals surface area (Å²) < 4.78 is 0. The van der Waals surface area contributed by atoms with Gasteiger partial charge in [-0.1, -0.05) is 40.9 Å². The molecule has 0 unspecified atom stereocenters. The maximum atomic E-state index is 6.28. The van der Waals surface area contributed by atoms with Crippen molar-refractivity contribution in [1.29, 1.82) is 0 Å². The lowest BCUT2D eigenvalue weighted by atomic mass is 9.97. The van der Waals surface area contributed by atoms with Crippen LogP contribution in [0.2, 0.25) is 15.2 Å². The summed E-state index contributed by atoms with van der Waals surface area (Å²) in [6, 6.07) is 5.47. The zero-order chi connectivity index (χ0) is 14.1. The maximum absolute atomic E-state index is 6.28. The Morgan fingerprint density at radius 2 is 1.65 bits per heavy atom. The molecule has 1 aromatic heterocycles. The highest BCUT2D eigenvalue weighted by molar-refractivity contribution is 6.36. The Hall–Kier alpha value is -0.830. The van der Waals surface area contributed by atoms with E-state index in [1.54, 1.807) is 0 Å². The second-order valence-corrected chi connectivity index (χ2v) is 6.11. The summed E-state index contributed by atoms with van der Waals surface area (Å²) in [6.07, 6.45) is 4.77. The van der Waals surface area contributed by atoms with E-state index < -0.39 is 0 Å². The Balaban J connectivity index is 1.97. The predicted molar refractivity (Wildman–Crippen MR) is 83.0 cm³/mol. The fourth-order valence-corrected chi connectivity index (χ4v) is 3.37. The summed E-state index contributed by atoms with van der Waals surface area (Å²) in [7, 11) is 0. The van der Waals surface area contributed by atoms with Crippen LogP contribution in [0.15, 0.2) is 18.2 Å². The van der Waals surface area contributed by atoms with E-state index in [9.17, 15) is 0 Å². The van der Waals surface area contributed by atoms with Gasteiger partial charge in [0.2, 0.25) is 0 Å². The van der Waals surface area contributed by atoms with E-state index in [1.165, 1.54) is 0 Å². The van der Waals surface area contributed by atoms with Gasteiger partial charge in [-0.3, -0.25) is 0 Å². The molecule has 20 heavy (non-hydrogen) atoms. The zero-order valence-corrected chi connectivity index (χ0v) is 13.1. The fraction of sp³-hybridized carbons (Fsp3) is 0.333. The van der Waals surface area contributed by atoms with Crippen LogP contribution < -0.4 is 0 Å². The number of hydrogen-bond acceptors (Lipinski definition) is 2. The molecular weight excluding hydrogens is 315 g/mol. The van der Waals surface area contributed by atoms with Crippen LogP contribution in [0.3, 0.4) is 0 Å². The number of nitrogens with zero attached hydrogens (tertiary/aromatic N) is 2. The van der Waals surface area contributed by atoms with Crippen molar-refractivity contribution < 1.29 is 0 Å². The molecule has 0 bridgehead atoms. The van der Waals surface area contributed by atoms with Crippen molar-refractivity contribution in [2.75, 3.05) is 0 Å². The molecule has 1 heterocycles. The largest absolute Gasteiger partial charge is 0.237 e. The Morgan fingerprint density at radius 3 is 2.40 bits per heavy atom. The molecule has 0 saturated heterocycles. The Morgan fingerprint density at radius 1 is 0.950 bits per heavy atom. The molecule has 0 atom stereocenters. The molecule has 104 valence electrons. The second-order valence-electron chi connectivity index (χ2n) is 4.94. The van der Waals surface area contributed by atoms with E-state index in [4.69, 9.17) is 34.8 Å². The quantitative estimate of drug-likeness (QED) is 0.733. The molecule has 2 aromatic rings. The van der Waals surface area contributed by atoms with Gasteiger partial charge in [0.25, 0.3) is 0 Å². The highest BCUT2D eigenvalue weighted by atomic mass is 35.5. The van der Waals surface area contributed by atoms with Gasteiger partial charge >= 0.3 is 0 Å². The van der Waals surface area contributed by atoms with Crippen LogP contribution in [-0.4, -0.2) is 9.97 Å². The Bertz CT molecular complexity index is 636. The molecule has 0 saturated carbocycles. The van der Waals surface area contributed by atoms with Crippen LogP contribution in [0.4, 0.5) is 0 Å². The van der Waals surface area contributed by atoms with Crippen molar-refractivity contribution >= 4 is 34.8 Å². The van der Waals surface area contributed by atoms with E-state index in [2.05, 4.69) is 9.97 Å². The van der Waals surface area contributed by atoms with Crippen molar-refractivity contribution in [3.8, 4) is 0 Å². The maximum Gasteiger partial charge on any atom is 0.136 e. The topological polar surface area (TPSA) is 25.8 Å². The van der Waals surface area contributed by atoms with E-state index in [-0.39, 0.29) is 0 Å². The van der Waals surface area contributed by atoms with Crippen LogP contribution in [-0.2, 0) is 19.3 Å². The van der Waals surface area contributed by atoms with E-state index in [0.717, 1.165) is 42.5 Å². The standard InChI is InChI=1S/C15H13Cl3N2/c16-11-5-3-6-12(17)10(11)8-14-19-13-7-2-1-4-9(13)15(18)20-14/h3,5-6H,1-2,4,7-8H2. The summed E-state index contributed by atoms with van der Waals surface area (Å²) in [5.41, 5.74) is 3.03. The molecule has 0 N–H and O–H groups in total. The first-order valence-electron chi connectivity index (χ1n) is 6.62. The van der Waals surface area contributed by atoms with Crippen molar-refractivity contribution in [3.05, 3.63) is 56.0 Å². The molecule has 1 aliphatic rings. The van der Waals surface area contributed by atoms with Gasteiger partial charge in [0.1, 0.15) is 11.0 Å². The van der Waals surface area contributed by atoms with Gasteiger partial charge in [-0.2, -0.15) is 0 Å². The predicted octanol–water partition coefficient (Wildman–Crippen LogP) is 4.91. The molecule has 3 rings (SSSR count). The molecule has 0 amide bonds. The number of aromatic nitrogens is 2. The van der Waals surface area contributed by atoms with Gasteiger partial charge in [-0.15, -0.1) is 0 Å². The SMILES string of the molecule is Clc1cccc(Cl)c1Cc1nc(Cl)c2c(n1)CCCC2. The van der Waals surface area contributed by atoms with E-state index in [1.807, 2.05) is 18.2 Å². The smallest absolute Gasteiger partial charge is 0.136 e. The van der Waals surface area contributed by atoms with Crippen LogP contribution in [0.25, 0.3) is 0 Å². The van der Waals surface area contributed by atoms with Crippen LogP contribution >= 0.6 is 34.8 Å². The highest BCUT2D eigenvalue weighted by Gasteiger charge is 2.17. The second kappa shape index (κ2) is 5.88. The average molecular weight is 328 g/mol. The summed E-state index contributed by atoms with van der Waals surface area (Å²) in [4.78, 5) is 9.04. The summed E-state index contributed by atoms with van der Waals surface area (Å²) in [6.45, 7) is 0. The molecule has 0 radical (unpaired) electrons. The number of fused-ring (bicyclic) bond motifs is 1. The fourth-order valence-electron chi connectivity index (χ4n) is 2.53. The van der Waals surface area contributed by atoms with Gasteiger partial charge in [0, 0.05) is 27.7 Å². The lowest BCUT2D eigenvalue weighted by Gasteiger charge is -2.16. The Kier molecular flexibility index (Phi) is 4.16. The summed E-state index contributed by atoms with van der Waals surface area (Å²) in [5.74, 6) is 0.686. The number of benzene rings is 1. The molecule has 2 nitrogen and oxygen atoms in total. The van der Waals surface area contributed by atoms with Crippen molar-refractivity contribution in [3.63, 3.8) is 0 Å². The number of hydrogen-bond donors (Lipinski definition) is 0. The number of aryl methyl sites for hydroxylation is 1. The minimum atomic E-state index is 0.505. The van der Waals surface area contributed by atoms with Gasteiger partial charge in [-0.05, 0) is 43.4 Å². The normalized spacial score (nSPS) is 14.2. The van der Waals surface area contributed by atoms with Crippen LogP contribution in [0.1, 0.15) is 35.5 Å². The molecule has 0 spiro atoms. The zero-order valence-electron chi connectivity index (χ0n) is 10.8. The van der Waals surface area contributed by atoms with Crippen molar-refractivity contribution in [2.24, 2.45) is 0 Å². The van der Waals surface area contributed by atoms with Gasteiger partial charge in [0.15, 0.2) is 0 Å². The van der Waals surface area contributed by atoms with Gasteiger partial charge in [0.05, 0.1) is 0 Å². The average Bonchev–Trinajstić information content (AvgIpc) is 2.43. The number of halogens is 3. The first-order chi connectivity index (χ1) is 9.65. The van der Waals surface area contributed by atoms with E-state index >= 15 is 0 Å².